The van der Waals surface area contributed by atoms with Crippen LogP contribution in [0.5, 0.6) is 0 Å². The Morgan fingerprint density at radius 2 is 2.06 bits per heavy atom. The quantitative estimate of drug-likeness (QED) is 0.767. The van der Waals surface area contributed by atoms with Gasteiger partial charge < -0.3 is 10.6 Å². The Hall–Kier alpha value is -1.84. The van der Waals surface area contributed by atoms with Crippen LogP contribution in [0.4, 0.5) is 0 Å². The maximum atomic E-state index is 11.8. The van der Waals surface area contributed by atoms with Gasteiger partial charge in [-0.05, 0) is 18.6 Å². The van der Waals surface area contributed by atoms with Gasteiger partial charge in [0.25, 0.3) is 5.91 Å². The van der Waals surface area contributed by atoms with Gasteiger partial charge in [0, 0.05) is 24.6 Å². The van der Waals surface area contributed by atoms with Crippen LogP contribution < -0.4 is 10.6 Å². The molecular weight excluding hydrogens is 204 g/mol. The number of nitrogens with one attached hydrogen (secondary N) is 2. The van der Waals surface area contributed by atoms with E-state index in [1.807, 2.05) is 18.2 Å². The molecule has 0 spiro atoms. The minimum Gasteiger partial charge on any atom is -0.356 e. The van der Waals surface area contributed by atoms with Crippen LogP contribution in [0, 0.1) is 0 Å². The molecule has 1 aliphatic rings. The van der Waals surface area contributed by atoms with Crippen LogP contribution in [0.2, 0.25) is 0 Å². The van der Waals surface area contributed by atoms with Crippen molar-refractivity contribution in [3.8, 4) is 0 Å². The molecule has 1 fully saturated rings. The molecule has 1 heterocycles. The van der Waals surface area contributed by atoms with Gasteiger partial charge in [-0.2, -0.15) is 0 Å². The number of carbonyl (C=O) groups excluding carboxylic acids is 2. The van der Waals surface area contributed by atoms with Gasteiger partial charge in [0.15, 0.2) is 0 Å². The third-order valence-corrected chi connectivity index (χ3v) is 2.62. The Morgan fingerprint density at radius 1 is 1.31 bits per heavy atom. The van der Waals surface area contributed by atoms with Crippen LogP contribution in [0.25, 0.3) is 0 Å². The fourth-order valence-electron chi connectivity index (χ4n) is 1.77. The van der Waals surface area contributed by atoms with E-state index >= 15 is 0 Å². The number of carbonyl (C=O) groups is 2. The summed E-state index contributed by atoms with van der Waals surface area (Å²) in [5.74, 6) is -0.107. The van der Waals surface area contributed by atoms with Gasteiger partial charge in [0.05, 0.1) is 0 Å². The van der Waals surface area contributed by atoms with E-state index in [2.05, 4.69) is 10.6 Å². The summed E-state index contributed by atoms with van der Waals surface area (Å²) in [6, 6.07) is 8.99. The van der Waals surface area contributed by atoms with Crippen LogP contribution in [0.3, 0.4) is 0 Å². The van der Waals surface area contributed by atoms with Crippen molar-refractivity contribution in [2.24, 2.45) is 0 Å². The molecule has 0 radical (unpaired) electrons. The minimum absolute atomic E-state index is 0.00427. The van der Waals surface area contributed by atoms with Gasteiger partial charge in [0.1, 0.15) is 0 Å². The van der Waals surface area contributed by atoms with E-state index in [9.17, 15) is 9.59 Å². The second kappa shape index (κ2) is 4.79. The van der Waals surface area contributed by atoms with Crippen LogP contribution in [0.15, 0.2) is 30.3 Å². The molecule has 2 amide bonds. The Kier molecular flexibility index (Phi) is 3.19. The molecule has 0 aromatic heterocycles. The smallest absolute Gasteiger partial charge is 0.251 e. The molecule has 0 aliphatic carbocycles. The lowest BCUT2D eigenvalue weighted by molar-refractivity contribution is -0.122. The molecule has 1 unspecified atom stereocenters. The minimum atomic E-state index is -0.111. The molecule has 1 saturated heterocycles. The Morgan fingerprint density at radius 3 is 2.75 bits per heavy atom. The molecule has 1 aromatic rings. The lowest BCUT2D eigenvalue weighted by Crippen LogP contribution is -2.45. The van der Waals surface area contributed by atoms with E-state index in [0.29, 0.717) is 18.5 Å². The summed E-state index contributed by atoms with van der Waals surface area (Å²) in [5, 5.41) is 5.60. The largest absolute Gasteiger partial charge is 0.356 e. The Bertz CT molecular complexity index is 389. The van der Waals surface area contributed by atoms with E-state index in [1.165, 1.54) is 0 Å². The summed E-state index contributed by atoms with van der Waals surface area (Å²) in [6.07, 6.45) is 1.17. The highest BCUT2D eigenvalue weighted by atomic mass is 16.2. The maximum Gasteiger partial charge on any atom is 0.251 e. The Balaban J connectivity index is 1.95. The third-order valence-electron chi connectivity index (χ3n) is 2.62. The van der Waals surface area contributed by atoms with E-state index < -0.39 is 0 Å². The maximum absolute atomic E-state index is 11.8. The molecule has 1 aliphatic heterocycles. The average molecular weight is 218 g/mol. The second-order valence-electron chi connectivity index (χ2n) is 3.88. The second-order valence-corrected chi connectivity index (χ2v) is 3.88. The predicted molar refractivity (Wildman–Crippen MR) is 59.9 cm³/mol. The summed E-state index contributed by atoms with van der Waals surface area (Å²) in [6.45, 7) is 0.637. The summed E-state index contributed by atoms with van der Waals surface area (Å²) < 4.78 is 0. The summed E-state index contributed by atoms with van der Waals surface area (Å²) in [7, 11) is 0. The van der Waals surface area contributed by atoms with Crippen LogP contribution in [-0.4, -0.2) is 24.4 Å². The van der Waals surface area contributed by atoms with Crippen molar-refractivity contribution < 1.29 is 9.59 Å². The molecular formula is C12H14N2O2. The van der Waals surface area contributed by atoms with Crippen molar-refractivity contribution in [1.29, 1.82) is 0 Å². The zero-order valence-electron chi connectivity index (χ0n) is 8.90. The highest BCUT2D eigenvalue weighted by molar-refractivity contribution is 5.94. The molecule has 4 heteroatoms. The number of benzene rings is 1. The van der Waals surface area contributed by atoms with Crippen LogP contribution >= 0.6 is 0 Å². The number of rotatable bonds is 2. The zero-order chi connectivity index (χ0) is 11.4. The summed E-state index contributed by atoms with van der Waals surface area (Å²) >= 11 is 0. The molecule has 84 valence electrons. The lowest BCUT2D eigenvalue weighted by Gasteiger charge is -2.23. The van der Waals surface area contributed by atoms with Crippen molar-refractivity contribution in [2.45, 2.75) is 18.9 Å². The predicted octanol–water partition coefficient (Wildman–Crippen LogP) is 0.695. The Labute approximate surface area is 94.0 Å². The fraction of sp³-hybridized carbons (Fsp3) is 0.333. The molecule has 4 nitrogen and oxygen atoms in total. The van der Waals surface area contributed by atoms with Crippen molar-refractivity contribution >= 4 is 11.8 Å². The summed E-state index contributed by atoms with van der Waals surface area (Å²) in [4.78, 5) is 22.9. The summed E-state index contributed by atoms with van der Waals surface area (Å²) in [5.41, 5.74) is 0.633. The number of amides is 2. The van der Waals surface area contributed by atoms with E-state index in [-0.39, 0.29) is 17.9 Å². The van der Waals surface area contributed by atoms with Crippen LogP contribution in [-0.2, 0) is 4.79 Å². The van der Waals surface area contributed by atoms with Crippen molar-refractivity contribution in [1.82, 2.24) is 10.6 Å². The zero-order valence-corrected chi connectivity index (χ0v) is 8.90. The van der Waals surface area contributed by atoms with Gasteiger partial charge >= 0.3 is 0 Å². The normalized spacial score (nSPS) is 20.0. The first-order valence-electron chi connectivity index (χ1n) is 5.38. The molecule has 0 bridgehead atoms. The molecule has 1 atom stereocenters. The number of piperidine rings is 1. The first-order valence-corrected chi connectivity index (χ1v) is 5.38. The van der Waals surface area contributed by atoms with Crippen molar-refractivity contribution in [2.75, 3.05) is 6.54 Å². The molecule has 1 aromatic carbocycles. The third kappa shape index (κ3) is 2.59. The van der Waals surface area contributed by atoms with Gasteiger partial charge in [-0.25, -0.2) is 0 Å². The highest BCUT2D eigenvalue weighted by Gasteiger charge is 2.20. The average Bonchev–Trinajstić information content (AvgIpc) is 2.30. The first kappa shape index (κ1) is 10.7. The lowest BCUT2D eigenvalue weighted by atomic mass is 10.1. The fourth-order valence-corrected chi connectivity index (χ4v) is 1.77. The van der Waals surface area contributed by atoms with Gasteiger partial charge in [-0.1, -0.05) is 18.2 Å². The molecule has 2 N–H and O–H groups in total. The van der Waals surface area contributed by atoms with Gasteiger partial charge in [-0.15, -0.1) is 0 Å². The van der Waals surface area contributed by atoms with Crippen LogP contribution in [0.1, 0.15) is 23.2 Å². The molecule has 16 heavy (non-hydrogen) atoms. The monoisotopic (exact) mass is 218 g/mol. The number of hydrogen-bond acceptors (Lipinski definition) is 2. The molecule has 0 saturated carbocycles. The first-order chi connectivity index (χ1) is 7.75. The topological polar surface area (TPSA) is 58.2 Å². The van der Waals surface area contributed by atoms with E-state index in [4.69, 9.17) is 0 Å². The SMILES string of the molecule is O=C1CC(NC(=O)c2ccccc2)CCN1. The highest BCUT2D eigenvalue weighted by Crippen LogP contribution is 2.05. The van der Waals surface area contributed by atoms with E-state index in [0.717, 1.165) is 6.42 Å². The van der Waals surface area contributed by atoms with Gasteiger partial charge in [0.2, 0.25) is 5.91 Å². The number of hydrogen-bond donors (Lipinski definition) is 2. The van der Waals surface area contributed by atoms with Gasteiger partial charge in [-0.3, -0.25) is 9.59 Å². The van der Waals surface area contributed by atoms with E-state index in [1.54, 1.807) is 12.1 Å². The van der Waals surface area contributed by atoms with Crippen molar-refractivity contribution in [3.63, 3.8) is 0 Å². The molecule has 2 rings (SSSR count). The van der Waals surface area contributed by atoms with Crippen molar-refractivity contribution in [3.05, 3.63) is 35.9 Å². The standard InChI is InChI=1S/C12H14N2O2/c15-11-8-10(6-7-13-11)14-12(16)9-4-2-1-3-5-9/h1-5,10H,6-8H2,(H,13,15)(H,14,16).